The number of hydrogen-bond acceptors (Lipinski definition) is 3. The van der Waals surface area contributed by atoms with Gasteiger partial charge in [0.25, 0.3) is 0 Å². The van der Waals surface area contributed by atoms with Crippen molar-refractivity contribution in [2.45, 2.75) is 51.2 Å². The van der Waals surface area contributed by atoms with Crippen LogP contribution in [0, 0.1) is 0 Å². The lowest BCUT2D eigenvalue weighted by Crippen LogP contribution is -2.48. The van der Waals surface area contributed by atoms with Gasteiger partial charge >= 0.3 is 0 Å². The monoisotopic (exact) mass is 239 g/mol. The first-order chi connectivity index (χ1) is 8.06. The van der Waals surface area contributed by atoms with Crippen molar-refractivity contribution in [2.75, 3.05) is 13.1 Å². The van der Waals surface area contributed by atoms with Gasteiger partial charge in [-0.1, -0.05) is 0 Å². The molecule has 0 radical (unpaired) electrons. The zero-order valence-corrected chi connectivity index (χ0v) is 10.5. The van der Waals surface area contributed by atoms with E-state index in [1.165, 1.54) is 19.8 Å². The fourth-order valence-corrected chi connectivity index (χ4v) is 2.37. The summed E-state index contributed by atoms with van der Waals surface area (Å²) in [5.74, 6) is -0.249. The van der Waals surface area contributed by atoms with Crippen molar-refractivity contribution < 1.29 is 9.59 Å². The van der Waals surface area contributed by atoms with E-state index in [9.17, 15) is 9.59 Å². The summed E-state index contributed by atoms with van der Waals surface area (Å²) in [5.41, 5.74) is 0. The van der Waals surface area contributed by atoms with E-state index in [2.05, 4.69) is 15.5 Å². The first-order valence-electron chi connectivity index (χ1n) is 6.38. The largest absolute Gasteiger partial charge is 0.350 e. The van der Waals surface area contributed by atoms with Crippen LogP contribution in [0.1, 0.15) is 33.1 Å². The number of nitrogens with zero attached hydrogens (tertiary/aromatic N) is 1. The van der Waals surface area contributed by atoms with Crippen LogP contribution in [0.25, 0.3) is 0 Å². The average molecular weight is 239 g/mol. The summed E-state index contributed by atoms with van der Waals surface area (Å²) < 4.78 is 0. The predicted octanol–water partition coefficient (Wildman–Crippen LogP) is -0.136. The average Bonchev–Trinajstić information content (AvgIpc) is 2.99. The number of likely N-dealkylation sites (tertiary alicyclic amines) is 1. The van der Waals surface area contributed by atoms with Crippen molar-refractivity contribution in [1.29, 1.82) is 0 Å². The third-order valence-corrected chi connectivity index (χ3v) is 3.44. The van der Waals surface area contributed by atoms with Gasteiger partial charge in [-0.25, -0.2) is 0 Å². The lowest BCUT2D eigenvalue weighted by atomic mass is 10.2. The Morgan fingerprint density at radius 3 is 2.59 bits per heavy atom. The fourth-order valence-electron chi connectivity index (χ4n) is 2.37. The minimum Gasteiger partial charge on any atom is -0.350 e. The maximum absolute atomic E-state index is 11.8. The van der Waals surface area contributed by atoms with Gasteiger partial charge in [0, 0.05) is 32.1 Å². The molecular formula is C12H21N3O2. The van der Waals surface area contributed by atoms with Gasteiger partial charge in [0.15, 0.2) is 0 Å². The third kappa shape index (κ3) is 3.43. The van der Waals surface area contributed by atoms with Gasteiger partial charge in [-0.3, -0.25) is 14.5 Å². The van der Waals surface area contributed by atoms with Gasteiger partial charge in [-0.2, -0.15) is 0 Å². The summed E-state index contributed by atoms with van der Waals surface area (Å²) in [7, 11) is 0. The maximum Gasteiger partial charge on any atom is 0.242 e. The number of carbonyl (C=O) groups excluding carboxylic acids is 2. The molecule has 96 valence electrons. The second-order valence-electron chi connectivity index (χ2n) is 5.14. The second-order valence-corrected chi connectivity index (χ2v) is 5.14. The third-order valence-electron chi connectivity index (χ3n) is 3.44. The van der Waals surface area contributed by atoms with Crippen LogP contribution in [-0.2, 0) is 9.59 Å². The Morgan fingerprint density at radius 1 is 1.29 bits per heavy atom. The van der Waals surface area contributed by atoms with Crippen molar-refractivity contribution in [1.82, 2.24) is 15.5 Å². The molecule has 0 aromatic carbocycles. The molecule has 1 saturated heterocycles. The number of carbonyl (C=O) groups is 2. The Morgan fingerprint density at radius 2 is 2.00 bits per heavy atom. The Hall–Kier alpha value is -1.10. The topological polar surface area (TPSA) is 61.4 Å². The van der Waals surface area contributed by atoms with Crippen molar-refractivity contribution in [2.24, 2.45) is 0 Å². The van der Waals surface area contributed by atoms with Crippen LogP contribution in [-0.4, -0.2) is 47.9 Å². The van der Waals surface area contributed by atoms with Crippen molar-refractivity contribution in [3.8, 4) is 0 Å². The molecular weight excluding hydrogens is 218 g/mol. The van der Waals surface area contributed by atoms with E-state index >= 15 is 0 Å². The normalized spacial score (nSPS) is 26.6. The smallest absolute Gasteiger partial charge is 0.242 e. The highest BCUT2D eigenvalue weighted by molar-refractivity contribution is 5.86. The fraction of sp³-hybridized carbons (Fsp3) is 0.833. The molecule has 0 bridgehead atoms. The van der Waals surface area contributed by atoms with Gasteiger partial charge in [0.05, 0.1) is 0 Å². The van der Waals surface area contributed by atoms with Gasteiger partial charge < -0.3 is 10.6 Å². The number of amides is 2. The molecule has 2 fully saturated rings. The number of rotatable bonds is 4. The molecule has 17 heavy (non-hydrogen) atoms. The van der Waals surface area contributed by atoms with E-state index in [0.29, 0.717) is 0 Å². The van der Waals surface area contributed by atoms with E-state index in [0.717, 1.165) is 25.6 Å². The number of nitrogens with one attached hydrogen (secondary N) is 2. The summed E-state index contributed by atoms with van der Waals surface area (Å²) in [6.45, 7) is 5.19. The van der Waals surface area contributed by atoms with Gasteiger partial charge in [0.1, 0.15) is 6.04 Å². The van der Waals surface area contributed by atoms with Crippen LogP contribution >= 0.6 is 0 Å². The van der Waals surface area contributed by atoms with Crippen molar-refractivity contribution >= 4 is 11.8 Å². The van der Waals surface area contributed by atoms with Crippen LogP contribution in [0.4, 0.5) is 0 Å². The lowest BCUT2D eigenvalue weighted by molar-refractivity contribution is -0.128. The SMILES string of the molecule is CC(=O)NC(C)C(=O)NC1CCN(C2CC2)C1. The molecule has 5 heteroatoms. The Bertz CT molecular complexity index is 315. The Kier molecular flexibility index (Phi) is 3.66. The molecule has 1 aliphatic carbocycles. The highest BCUT2D eigenvalue weighted by Gasteiger charge is 2.35. The molecule has 5 nitrogen and oxygen atoms in total. The molecule has 2 atom stereocenters. The molecule has 2 unspecified atom stereocenters. The second kappa shape index (κ2) is 5.04. The van der Waals surface area contributed by atoms with Gasteiger partial charge in [-0.15, -0.1) is 0 Å². The van der Waals surface area contributed by atoms with Crippen LogP contribution in [0.3, 0.4) is 0 Å². The molecule has 0 spiro atoms. The summed E-state index contributed by atoms with van der Waals surface area (Å²) in [6, 6.07) is 0.575. The summed E-state index contributed by atoms with van der Waals surface area (Å²) in [4.78, 5) is 25.1. The van der Waals surface area contributed by atoms with Crippen LogP contribution < -0.4 is 10.6 Å². The van der Waals surface area contributed by atoms with Crippen molar-refractivity contribution in [3.63, 3.8) is 0 Å². The zero-order valence-electron chi connectivity index (χ0n) is 10.5. The van der Waals surface area contributed by atoms with Crippen LogP contribution in [0.2, 0.25) is 0 Å². The summed E-state index contributed by atoms with van der Waals surface area (Å²) in [5, 5.41) is 5.60. The molecule has 1 heterocycles. The lowest BCUT2D eigenvalue weighted by Gasteiger charge is -2.18. The van der Waals surface area contributed by atoms with E-state index in [4.69, 9.17) is 0 Å². The van der Waals surface area contributed by atoms with Crippen LogP contribution in [0.15, 0.2) is 0 Å². The quantitative estimate of drug-likeness (QED) is 0.718. The first kappa shape index (κ1) is 12.4. The standard InChI is InChI=1S/C12H21N3O2/c1-8(13-9(2)16)12(17)14-10-5-6-15(7-10)11-3-4-11/h8,10-11H,3-7H2,1-2H3,(H,13,16)(H,14,17). The maximum atomic E-state index is 11.8. The molecule has 0 aromatic rings. The molecule has 2 amide bonds. The van der Waals surface area contributed by atoms with Crippen LogP contribution in [0.5, 0.6) is 0 Å². The van der Waals surface area contributed by atoms with Gasteiger partial charge in [-0.05, 0) is 26.2 Å². The number of hydrogen-bond donors (Lipinski definition) is 2. The molecule has 0 aromatic heterocycles. The summed E-state index contributed by atoms with van der Waals surface area (Å²) >= 11 is 0. The van der Waals surface area contributed by atoms with E-state index < -0.39 is 6.04 Å². The van der Waals surface area contributed by atoms with E-state index in [-0.39, 0.29) is 17.9 Å². The molecule has 2 aliphatic rings. The highest BCUT2D eigenvalue weighted by Crippen LogP contribution is 2.29. The minimum absolute atomic E-state index is 0.0807. The molecule has 2 N–H and O–H groups in total. The van der Waals surface area contributed by atoms with Gasteiger partial charge in [0.2, 0.25) is 11.8 Å². The Balaban J connectivity index is 1.73. The van der Waals surface area contributed by atoms with E-state index in [1.807, 2.05) is 0 Å². The van der Waals surface area contributed by atoms with Crippen molar-refractivity contribution in [3.05, 3.63) is 0 Å². The Labute approximate surface area is 102 Å². The summed E-state index contributed by atoms with van der Waals surface area (Å²) in [6.07, 6.45) is 3.64. The first-order valence-corrected chi connectivity index (χ1v) is 6.38. The molecule has 1 aliphatic heterocycles. The minimum atomic E-state index is -0.442. The highest BCUT2D eigenvalue weighted by atomic mass is 16.2. The van der Waals surface area contributed by atoms with E-state index in [1.54, 1.807) is 6.92 Å². The predicted molar refractivity (Wildman–Crippen MR) is 64.4 cm³/mol. The molecule has 1 saturated carbocycles. The zero-order chi connectivity index (χ0) is 12.4. The molecule has 2 rings (SSSR count).